The molecule has 32 heavy (non-hydrogen) atoms. The Balaban J connectivity index is 2.07. The molecule has 0 spiro atoms. The van der Waals surface area contributed by atoms with Gasteiger partial charge in [0.15, 0.2) is 11.6 Å². The summed E-state index contributed by atoms with van der Waals surface area (Å²) in [6.45, 7) is 0.674. The second kappa shape index (κ2) is 12.4. The topological polar surface area (TPSA) is 94.8 Å². The van der Waals surface area contributed by atoms with Crippen molar-refractivity contribution in [3.05, 3.63) is 65.5 Å². The van der Waals surface area contributed by atoms with Gasteiger partial charge in [-0.1, -0.05) is 36.4 Å². The van der Waals surface area contributed by atoms with E-state index in [0.29, 0.717) is 0 Å². The fourth-order valence-corrected chi connectivity index (χ4v) is 4.33. The predicted octanol–water partition coefficient (Wildman–Crippen LogP) is 2.73. The first-order valence-electron chi connectivity index (χ1n) is 10.3. The number of rotatable bonds is 13. The van der Waals surface area contributed by atoms with Crippen LogP contribution in [0.15, 0.2) is 53.5 Å². The molecule has 2 rings (SSSR count). The molecule has 0 heterocycles. The summed E-state index contributed by atoms with van der Waals surface area (Å²) in [6, 6.07) is 14.9. The minimum absolute atomic E-state index is 0.0510. The van der Waals surface area contributed by atoms with Crippen LogP contribution in [0.3, 0.4) is 0 Å². The molecule has 7 nitrogen and oxygen atoms in total. The predicted molar refractivity (Wildman–Crippen MR) is 127 cm³/mol. The number of benzene rings is 2. The first-order chi connectivity index (χ1) is 15.3. The van der Waals surface area contributed by atoms with E-state index in [2.05, 4.69) is 26.7 Å². The van der Waals surface area contributed by atoms with Gasteiger partial charge in [-0.3, -0.25) is 4.99 Å². The Morgan fingerprint density at radius 2 is 1.94 bits per heavy atom. The van der Waals surface area contributed by atoms with Crippen LogP contribution in [0.2, 0.25) is 0 Å². The van der Waals surface area contributed by atoms with Crippen molar-refractivity contribution < 1.29 is 17.5 Å². The zero-order valence-corrected chi connectivity index (χ0v) is 19.5. The summed E-state index contributed by atoms with van der Waals surface area (Å²) >= 11 is 0. The molecule has 0 bridgehead atoms. The van der Waals surface area contributed by atoms with Crippen LogP contribution in [-0.2, 0) is 16.4 Å². The van der Waals surface area contributed by atoms with Crippen molar-refractivity contribution in [3.63, 3.8) is 0 Å². The van der Waals surface area contributed by atoms with Crippen LogP contribution in [0.5, 0.6) is 5.75 Å². The van der Waals surface area contributed by atoms with Gasteiger partial charge >= 0.3 is 0 Å². The molecule has 2 aromatic rings. The Morgan fingerprint density at radius 1 is 1.22 bits per heavy atom. The van der Waals surface area contributed by atoms with Crippen molar-refractivity contribution in [3.8, 4) is 5.75 Å². The maximum Gasteiger partial charge on any atom is 0.224 e. The average molecular weight is 463 g/mol. The van der Waals surface area contributed by atoms with Gasteiger partial charge in [0.2, 0.25) is 10.0 Å². The summed E-state index contributed by atoms with van der Waals surface area (Å²) in [6.07, 6.45) is 2.75. The van der Waals surface area contributed by atoms with Crippen LogP contribution in [0, 0.1) is 11.2 Å². The van der Waals surface area contributed by atoms with Crippen molar-refractivity contribution in [2.24, 2.45) is 4.99 Å². The van der Waals surface area contributed by atoms with Crippen LogP contribution in [0.25, 0.3) is 0 Å². The van der Waals surface area contributed by atoms with E-state index in [1.54, 1.807) is 12.1 Å². The van der Waals surface area contributed by atoms with E-state index in [9.17, 15) is 12.8 Å². The van der Waals surface area contributed by atoms with E-state index in [4.69, 9.17) is 10.1 Å². The van der Waals surface area contributed by atoms with E-state index in [1.165, 1.54) is 18.7 Å². The first-order valence-corrected chi connectivity index (χ1v) is 11.8. The van der Waals surface area contributed by atoms with Crippen LogP contribution >= 0.6 is 0 Å². The Kier molecular flexibility index (Phi) is 9.96. The molecule has 0 saturated heterocycles. The highest BCUT2D eigenvalue weighted by molar-refractivity contribution is 7.91. The Labute approximate surface area is 189 Å². The van der Waals surface area contributed by atoms with Crippen molar-refractivity contribution >= 4 is 22.5 Å². The largest absolute Gasteiger partial charge is 0.489 e. The molecule has 0 radical (unpaired) electrons. The lowest BCUT2D eigenvalue weighted by Gasteiger charge is -2.22. The molecule has 0 fully saturated rings. The molecule has 2 unspecified atom stereocenters. The molecule has 0 aliphatic rings. The second-order valence-electron chi connectivity index (χ2n) is 7.67. The third-order valence-electron chi connectivity index (χ3n) is 4.82. The Bertz CT molecular complexity index is 998. The molecule has 0 aliphatic heterocycles. The van der Waals surface area contributed by atoms with Gasteiger partial charge in [-0.2, -0.15) is 0 Å². The molecular weight excluding hydrogens is 431 g/mol. The number of hydrogen-bond acceptors (Lipinski definition) is 6. The van der Waals surface area contributed by atoms with Crippen LogP contribution < -0.4 is 9.46 Å². The van der Waals surface area contributed by atoms with E-state index in [-0.39, 0.29) is 24.8 Å². The number of halogens is 1. The number of nitrogens with zero attached hydrogens (tertiary/aromatic N) is 2. The molecule has 2 atom stereocenters. The normalized spacial score (nSPS) is 13.9. The number of nitrogens with one attached hydrogen (secondary N) is 2. The van der Waals surface area contributed by atoms with Gasteiger partial charge in [-0.25, -0.2) is 17.5 Å². The molecule has 0 amide bonds. The number of hydrogen-bond donors (Lipinski definition) is 2. The van der Waals surface area contributed by atoms with E-state index in [1.807, 2.05) is 32.3 Å². The maximum absolute atomic E-state index is 14.3. The number of aliphatic imine (C=N–C) groups is 1. The standard InChI is InChI=1S/C23H31FN4O3S/c1-26-16-21(15-25)32(29,30)27-11-12-31-23-14-19(9-10-22(23)24)20(17-28(2)3)13-18-7-5-4-6-8-18/h4-10,14-16,20-21,25,27H,11-13,17H2,1-3H3. The summed E-state index contributed by atoms with van der Waals surface area (Å²) in [7, 11) is 1.64. The zero-order chi connectivity index (χ0) is 23.6. The van der Waals surface area contributed by atoms with Crippen molar-refractivity contribution in [2.75, 3.05) is 40.8 Å². The summed E-state index contributed by atoms with van der Waals surface area (Å²) in [5, 5.41) is 6.08. The third-order valence-corrected chi connectivity index (χ3v) is 6.40. The first kappa shape index (κ1) is 25.6. The van der Waals surface area contributed by atoms with Crippen molar-refractivity contribution in [1.82, 2.24) is 9.62 Å². The number of sulfonamides is 1. The summed E-state index contributed by atoms with van der Waals surface area (Å²) in [5.74, 6) is -0.289. The van der Waals surface area contributed by atoms with Crippen molar-refractivity contribution in [1.29, 1.82) is 5.41 Å². The monoisotopic (exact) mass is 462 g/mol. The molecule has 0 aromatic heterocycles. The summed E-state index contributed by atoms with van der Waals surface area (Å²) in [4.78, 5) is 5.75. The molecular formula is C23H31FN4O3S. The van der Waals surface area contributed by atoms with Gasteiger partial charge in [0.1, 0.15) is 11.9 Å². The lowest BCUT2D eigenvalue weighted by Crippen LogP contribution is -2.38. The van der Waals surface area contributed by atoms with Gasteiger partial charge in [0, 0.05) is 38.5 Å². The van der Waals surface area contributed by atoms with Gasteiger partial charge in [0.25, 0.3) is 0 Å². The van der Waals surface area contributed by atoms with Crippen LogP contribution in [0.4, 0.5) is 4.39 Å². The summed E-state index contributed by atoms with van der Waals surface area (Å²) < 4.78 is 46.6. The third kappa shape index (κ3) is 7.81. The number of likely N-dealkylation sites (N-methyl/N-ethyl adjacent to an activating group) is 1. The second-order valence-corrected chi connectivity index (χ2v) is 9.59. The average Bonchev–Trinajstić information content (AvgIpc) is 2.76. The summed E-state index contributed by atoms with van der Waals surface area (Å²) in [5.41, 5.74) is 2.14. The highest BCUT2D eigenvalue weighted by atomic mass is 32.2. The zero-order valence-electron chi connectivity index (χ0n) is 18.7. The molecule has 9 heteroatoms. The Morgan fingerprint density at radius 3 is 2.56 bits per heavy atom. The lowest BCUT2D eigenvalue weighted by molar-refractivity contribution is 0.305. The van der Waals surface area contributed by atoms with Gasteiger partial charge in [-0.05, 0) is 43.8 Å². The fourth-order valence-electron chi connectivity index (χ4n) is 3.31. The highest BCUT2D eigenvalue weighted by Gasteiger charge is 2.21. The lowest BCUT2D eigenvalue weighted by atomic mass is 9.91. The Hall–Kier alpha value is -2.62. The van der Waals surface area contributed by atoms with Crippen LogP contribution in [0.1, 0.15) is 17.0 Å². The van der Waals surface area contributed by atoms with Crippen LogP contribution in [-0.4, -0.2) is 71.8 Å². The van der Waals surface area contributed by atoms with Gasteiger partial charge in [0.05, 0.1) is 0 Å². The molecule has 0 aliphatic carbocycles. The van der Waals surface area contributed by atoms with E-state index < -0.39 is 21.1 Å². The fraction of sp³-hybridized carbons (Fsp3) is 0.391. The minimum Gasteiger partial charge on any atom is -0.489 e. The van der Waals surface area contributed by atoms with Gasteiger partial charge in [-0.15, -0.1) is 0 Å². The molecule has 174 valence electrons. The molecule has 2 N–H and O–H groups in total. The van der Waals surface area contributed by atoms with E-state index >= 15 is 0 Å². The highest BCUT2D eigenvalue weighted by Crippen LogP contribution is 2.27. The quantitative estimate of drug-likeness (QED) is 0.354. The minimum atomic E-state index is -3.79. The maximum atomic E-state index is 14.3. The van der Waals surface area contributed by atoms with E-state index in [0.717, 1.165) is 31.0 Å². The SMILES string of the molecule is CN=CC(C=N)S(=O)(=O)NCCOc1cc(C(Cc2ccccc2)CN(C)C)ccc1F. The van der Waals surface area contributed by atoms with Gasteiger partial charge < -0.3 is 15.0 Å². The smallest absolute Gasteiger partial charge is 0.224 e. The number of ether oxygens (including phenoxy) is 1. The molecule has 0 saturated carbocycles. The molecule has 2 aromatic carbocycles. The van der Waals surface area contributed by atoms with Crippen molar-refractivity contribution in [2.45, 2.75) is 17.6 Å².